The summed E-state index contributed by atoms with van der Waals surface area (Å²) in [6.45, 7) is 0. The minimum atomic E-state index is 0. The van der Waals surface area contributed by atoms with Gasteiger partial charge in [-0.3, -0.25) is 0 Å². The lowest BCUT2D eigenvalue weighted by Crippen LogP contribution is -1.90. The van der Waals surface area contributed by atoms with Crippen LogP contribution in [-0.4, -0.2) is 43.4 Å². The molecule has 0 unspecified atom stereocenters. The normalized spacial score (nSPS) is 9.45. The molecule has 2 aromatic rings. The SMILES string of the molecule is On1nnc2ccccc21.[MgH2]. The van der Waals surface area contributed by atoms with Gasteiger partial charge in [0, 0.05) is 0 Å². The largest absolute Gasteiger partial charge is 0.410 e. The molecule has 0 radical (unpaired) electrons. The smallest absolute Gasteiger partial charge is 0.316 e. The van der Waals surface area contributed by atoms with Crippen LogP contribution in [0.2, 0.25) is 0 Å². The van der Waals surface area contributed by atoms with Crippen LogP contribution in [0, 0.1) is 0 Å². The minimum Gasteiger partial charge on any atom is -0.410 e. The summed E-state index contributed by atoms with van der Waals surface area (Å²) in [5.41, 5.74) is 1.33. The molecule has 5 heteroatoms. The Hall–Kier alpha value is -0.814. The van der Waals surface area contributed by atoms with Crippen LogP contribution >= 0.6 is 0 Å². The Morgan fingerprint density at radius 2 is 2.00 bits per heavy atom. The molecule has 1 N–H and O–H groups in total. The molecule has 4 nitrogen and oxygen atoms in total. The summed E-state index contributed by atoms with van der Waals surface area (Å²) in [5.74, 6) is 0. The topological polar surface area (TPSA) is 50.9 Å². The molecule has 0 bridgehead atoms. The molecule has 2 rings (SSSR count). The number of aromatic nitrogens is 3. The summed E-state index contributed by atoms with van der Waals surface area (Å²) in [7, 11) is 0. The lowest BCUT2D eigenvalue weighted by atomic mass is 10.3. The molecule has 1 aromatic carbocycles. The average molecular weight is 161 g/mol. The maximum absolute atomic E-state index is 8.95. The van der Waals surface area contributed by atoms with Crippen molar-refractivity contribution >= 4 is 34.1 Å². The van der Waals surface area contributed by atoms with Crippen molar-refractivity contribution in [3.05, 3.63) is 24.3 Å². The van der Waals surface area contributed by atoms with E-state index in [1.165, 1.54) is 0 Å². The van der Waals surface area contributed by atoms with E-state index >= 15 is 0 Å². The second-order valence-corrected chi connectivity index (χ2v) is 1.97. The third kappa shape index (κ3) is 1.29. The van der Waals surface area contributed by atoms with Crippen molar-refractivity contribution in [1.82, 2.24) is 15.2 Å². The van der Waals surface area contributed by atoms with Crippen LogP contribution in [-0.2, 0) is 0 Å². The fourth-order valence-electron chi connectivity index (χ4n) is 0.857. The van der Waals surface area contributed by atoms with Crippen LogP contribution in [0.3, 0.4) is 0 Å². The van der Waals surface area contributed by atoms with Gasteiger partial charge >= 0.3 is 23.1 Å². The summed E-state index contributed by atoms with van der Waals surface area (Å²) in [4.78, 5) is 0.759. The summed E-state index contributed by atoms with van der Waals surface area (Å²) >= 11 is 0. The van der Waals surface area contributed by atoms with Crippen LogP contribution < -0.4 is 0 Å². The standard InChI is InChI=1S/C6H5N3O.Mg.2H/c10-9-6-4-2-1-3-5(6)7-8-9;;;/h1-4,10H;;;. The molecule has 0 aliphatic heterocycles. The van der Waals surface area contributed by atoms with Crippen LogP contribution in [0.25, 0.3) is 11.0 Å². The highest BCUT2D eigenvalue weighted by molar-refractivity contribution is 5.75. The van der Waals surface area contributed by atoms with Crippen LogP contribution in [0.15, 0.2) is 24.3 Å². The molecule has 0 saturated carbocycles. The van der Waals surface area contributed by atoms with E-state index in [0.717, 1.165) is 4.85 Å². The molecule has 0 fully saturated rings. The van der Waals surface area contributed by atoms with Gasteiger partial charge in [0.05, 0.1) is 0 Å². The second kappa shape index (κ2) is 3.06. The summed E-state index contributed by atoms with van der Waals surface area (Å²) in [6.07, 6.45) is 0. The van der Waals surface area contributed by atoms with Gasteiger partial charge in [-0.1, -0.05) is 17.0 Å². The number of rotatable bonds is 0. The molecular weight excluding hydrogens is 154 g/mol. The van der Waals surface area contributed by atoms with E-state index in [9.17, 15) is 0 Å². The highest BCUT2D eigenvalue weighted by atomic mass is 24.3. The molecule has 1 heterocycles. The van der Waals surface area contributed by atoms with Gasteiger partial charge in [0.1, 0.15) is 11.0 Å². The molecule has 0 aliphatic rings. The summed E-state index contributed by atoms with van der Waals surface area (Å²) in [6, 6.07) is 7.19. The van der Waals surface area contributed by atoms with E-state index in [1.807, 2.05) is 12.1 Å². The third-order valence-electron chi connectivity index (χ3n) is 1.33. The molecule has 54 valence electrons. The number of nitrogens with zero attached hydrogens (tertiary/aromatic N) is 3. The third-order valence-corrected chi connectivity index (χ3v) is 1.33. The zero-order chi connectivity index (χ0) is 6.97. The first-order valence-corrected chi connectivity index (χ1v) is 2.87. The van der Waals surface area contributed by atoms with Crippen LogP contribution in [0.4, 0.5) is 0 Å². The Labute approximate surface area is 78.9 Å². The molecule has 0 saturated heterocycles. The van der Waals surface area contributed by atoms with Crippen molar-refractivity contribution in [3.63, 3.8) is 0 Å². The van der Waals surface area contributed by atoms with Crippen LogP contribution in [0.5, 0.6) is 0 Å². The minimum absolute atomic E-state index is 0. The van der Waals surface area contributed by atoms with Crippen molar-refractivity contribution in [3.8, 4) is 0 Å². The predicted octanol–water partition coefficient (Wildman–Crippen LogP) is -0.248. The van der Waals surface area contributed by atoms with Crippen molar-refractivity contribution in [2.45, 2.75) is 0 Å². The highest BCUT2D eigenvalue weighted by Gasteiger charge is 1.98. The first-order valence-electron chi connectivity index (χ1n) is 2.87. The Balaban J connectivity index is 0.000000605. The fraction of sp³-hybridized carbons (Fsp3) is 0. The molecule has 0 amide bonds. The van der Waals surface area contributed by atoms with Crippen LogP contribution in [0.1, 0.15) is 0 Å². The predicted molar refractivity (Wildman–Crippen MR) is 43.3 cm³/mol. The quantitative estimate of drug-likeness (QED) is 0.428. The monoisotopic (exact) mass is 161 g/mol. The van der Waals surface area contributed by atoms with Gasteiger partial charge in [-0.25, -0.2) is 0 Å². The fourth-order valence-corrected chi connectivity index (χ4v) is 0.857. The number of hydrogen-bond acceptors (Lipinski definition) is 3. The maximum Gasteiger partial charge on any atom is 0.316 e. The summed E-state index contributed by atoms with van der Waals surface area (Å²) < 4.78 is 0. The van der Waals surface area contributed by atoms with Crippen molar-refractivity contribution in [2.75, 3.05) is 0 Å². The zero-order valence-corrected chi connectivity index (χ0v) is 5.10. The first kappa shape index (κ1) is 8.28. The van der Waals surface area contributed by atoms with Gasteiger partial charge < -0.3 is 5.21 Å². The Morgan fingerprint density at radius 1 is 1.27 bits per heavy atom. The molecule has 0 atom stereocenters. The lowest BCUT2D eigenvalue weighted by molar-refractivity contribution is 0.155. The molecule has 0 aliphatic carbocycles. The maximum atomic E-state index is 8.95. The van der Waals surface area contributed by atoms with E-state index in [0.29, 0.717) is 11.0 Å². The Morgan fingerprint density at radius 3 is 2.73 bits per heavy atom. The van der Waals surface area contributed by atoms with Gasteiger partial charge in [-0.2, -0.15) is 0 Å². The van der Waals surface area contributed by atoms with E-state index in [2.05, 4.69) is 10.3 Å². The van der Waals surface area contributed by atoms with Crippen molar-refractivity contribution in [1.29, 1.82) is 0 Å². The number of hydrogen-bond donors (Lipinski definition) is 1. The first-order chi connectivity index (χ1) is 4.88. The number of benzene rings is 1. The molecule has 1 aromatic heterocycles. The Kier molecular flexibility index (Phi) is 2.30. The van der Waals surface area contributed by atoms with Crippen molar-refractivity contribution < 1.29 is 5.21 Å². The van der Waals surface area contributed by atoms with E-state index in [-0.39, 0.29) is 23.1 Å². The number of fused-ring (bicyclic) bond motifs is 1. The molecular formula is C6H7MgN3O. The number of para-hydroxylation sites is 1. The van der Waals surface area contributed by atoms with Gasteiger partial charge in [0.25, 0.3) is 0 Å². The zero-order valence-electron chi connectivity index (χ0n) is 5.10. The lowest BCUT2D eigenvalue weighted by Gasteiger charge is -1.85. The van der Waals surface area contributed by atoms with Crippen molar-refractivity contribution in [2.24, 2.45) is 0 Å². The molecule has 0 spiro atoms. The average Bonchev–Trinajstić information content (AvgIpc) is 2.34. The van der Waals surface area contributed by atoms with E-state index < -0.39 is 0 Å². The van der Waals surface area contributed by atoms with Gasteiger partial charge in [0.15, 0.2) is 0 Å². The Bertz CT molecular complexity index is 359. The van der Waals surface area contributed by atoms with E-state index in [4.69, 9.17) is 5.21 Å². The highest BCUT2D eigenvalue weighted by Crippen LogP contribution is 2.06. The van der Waals surface area contributed by atoms with Gasteiger partial charge in [-0.05, 0) is 17.3 Å². The van der Waals surface area contributed by atoms with Gasteiger partial charge in [-0.15, -0.1) is 5.10 Å². The second-order valence-electron chi connectivity index (χ2n) is 1.97. The van der Waals surface area contributed by atoms with Gasteiger partial charge in [0.2, 0.25) is 0 Å². The summed E-state index contributed by atoms with van der Waals surface area (Å²) in [5, 5.41) is 16.1. The van der Waals surface area contributed by atoms with E-state index in [1.54, 1.807) is 12.1 Å². The molecule has 11 heavy (non-hydrogen) atoms.